The number of carbonyl (C=O) groups is 1. The molecular formula is C15H19NO. The fourth-order valence-electron chi connectivity index (χ4n) is 2.31. The van der Waals surface area contributed by atoms with Crippen molar-refractivity contribution in [2.75, 3.05) is 11.9 Å². The average molecular weight is 229 g/mol. The van der Waals surface area contributed by atoms with E-state index in [9.17, 15) is 4.79 Å². The van der Waals surface area contributed by atoms with Crippen molar-refractivity contribution in [2.24, 2.45) is 0 Å². The number of ketones is 1. The molecule has 0 aliphatic carbocycles. The summed E-state index contributed by atoms with van der Waals surface area (Å²) in [6.45, 7) is 6.72. The molecule has 0 spiro atoms. The first-order chi connectivity index (χ1) is 8.18. The molecule has 1 unspecified atom stereocenters. The maximum absolute atomic E-state index is 12.2. The standard InChI is InChI=1S/C15H19NO/c1-11(2)7-8-15(17)13-9-10-16-14-6-4-3-5-12(13)14/h3-6,13,16H,1,7-10H2,2H3. The Morgan fingerprint density at radius 3 is 2.94 bits per heavy atom. The molecule has 0 fully saturated rings. The zero-order valence-corrected chi connectivity index (χ0v) is 10.3. The van der Waals surface area contributed by atoms with E-state index in [-0.39, 0.29) is 5.92 Å². The van der Waals surface area contributed by atoms with Gasteiger partial charge < -0.3 is 5.32 Å². The Labute approximate surface area is 103 Å². The van der Waals surface area contributed by atoms with E-state index in [4.69, 9.17) is 0 Å². The number of para-hydroxylation sites is 1. The van der Waals surface area contributed by atoms with Crippen LogP contribution in [0, 0.1) is 0 Å². The summed E-state index contributed by atoms with van der Waals surface area (Å²) in [7, 11) is 0. The lowest BCUT2D eigenvalue weighted by Crippen LogP contribution is -2.22. The second-order valence-corrected chi connectivity index (χ2v) is 4.78. The first-order valence-electron chi connectivity index (χ1n) is 6.18. The zero-order chi connectivity index (χ0) is 12.3. The van der Waals surface area contributed by atoms with Crippen LogP contribution in [0.25, 0.3) is 0 Å². The van der Waals surface area contributed by atoms with E-state index in [0.29, 0.717) is 12.2 Å². The average Bonchev–Trinajstić information content (AvgIpc) is 2.35. The molecule has 0 amide bonds. The van der Waals surface area contributed by atoms with Gasteiger partial charge in [-0.3, -0.25) is 4.79 Å². The van der Waals surface area contributed by atoms with Gasteiger partial charge in [0.1, 0.15) is 5.78 Å². The van der Waals surface area contributed by atoms with E-state index in [1.165, 1.54) is 0 Å². The van der Waals surface area contributed by atoms with Gasteiger partial charge >= 0.3 is 0 Å². The number of benzene rings is 1. The van der Waals surface area contributed by atoms with E-state index >= 15 is 0 Å². The lowest BCUT2D eigenvalue weighted by Gasteiger charge is -2.25. The summed E-state index contributed by atoms with van der Waals surface area (Å²) in [5.41, 5.74) is 3.36. The van der Waals surface area contributed by atoms with E-state index < -0.39 is 0 Å². The first kappa shape index (κ1) is 11.9. The fraction of sp³-hybridized carbons (Fsp3) is 0.400. The molecule has 1 aromatic rings. The van der Waals surface area contributed by atoms with Crippen LogP contribution in [0.4, 0.5) is 5.69 Å². The zero-order valence-electron chi connectivity index (χ0n) is 10.3. The number of allylic oxidation sites excluding steroid dienone is 1. The van der Waals surface area contributed by atoms with Crippen LogP contribution < -0.4 is 5.32 Å². The molecule has 1 aromatic carbocycles. The summed E-state index contributed by atoms with van der Waals surface area (Å²) >= 11 is 0. The fourth-order valence-corrected chi connectivity index (χ4v) is 2.31. The maximum atomic E-state index is 12.2. The van der Waals surface area contributed by atoms with Crippen molar-refractivity contribution in [1.82, 2.24) is 0 Å². The number of rotatable bonds is 4. The van der Waals surface area contributed by atoms with Crippen LogP contribution in [0.5, 0.6) is 0 Å². The molecular weight excluding hydrogens is 210 g/mol. The van der Waals surface area contributed by atoms with Crippen LogP contribution in [0.15, 0.2) is 36.4 Å². The highest BCUT2D eigenvalue weighted by Crippen LogP contribution is 2.32. The van der Waals surface area contributed by atoms with Gasteiger partial charge in [-0.05, 0) is 31.4 Å². The monoisotopic (exact) mass is 229 g/mol. The first-order valence-corrected chi connectivity index (χ1v) is 6.18. The van der Waals surface area contributed by atoms with Crippen molar-refractivity contribution in [2.45, 2.75) is 32.1 Å². The molecule has 1 atom stereocenters. The third kappa shape index (κ3) is 2.76. The number of hydrogen-bond acceptors (Lipinski definition) is 2. The van der Waals surface area contributed by atoms with Crippen molar-refractivity contribution in [3.63, 3.8) is 0 Å². The summed E-state index contributed by atoms with van der Waals surface area (Å²) in [4.78, 5) is 12.2. The Kier molecular flexibility index (Phi) is 3.62. The van der Waals surface area contributed by atoms with Crippen molar-refractivity contribution in [1.29, 1.82) is 0 Å². The summed E-state index contributed by atoms with van der Waals surface area (Å²) in [6.07, 6.45) is 2.34. The predicted octanol–water partition coefficient (Wildman–Crippen LogP) is 3.51. The predicted molar refractivity (Wildman–Crippen MR) is 71.3 cm³/mol. The minimum absolute atomic E-state index is 0.0757. The normalized spacial score (nSPS) is 18.1. The molecule has 1 heterocycles. The molecule has 0 saturated heterocycles. The number of nitrogens with one attached hydrogen (secondary N) is 1. The lowest BCUT2D eigenvalue weighted by molar-refractivity contribution is -0.120. The summed E-state index contributed by atoms with van der Waals surface area (Å²) < 4.78 is 0. The Morgan fingerprint density at radius 1 is 1.41 bits per heavy atom. The topological polar surface area (TPSA) is 29.1 Å². The summed E-state index contributed by atoms with van der Waals surface area (Å²) in [5, 5.41) is 3.34. The van der Waals surface area contributed by atoms with Crippen LogP contribution in [-0.4, -0.2) is 12.3 Å². The molecule has 1 aliphatic heterocycles. The second kappa shape index (κ2) is 5.17. The van der Waals surface area contributed by atoms with Crippen LogP contribution >= 0.6 is 0 Å². The molecule has 1 N–H and O–H groups in total. The Balaban J connectivity index is 2.12. The molecule has 2 nitrogen and oxygen atoms in total. The smallest absolute Gasteiger partial charge is 0.140 e. The maximum Gasteiger partial charge on any atom is 0.140 e. The van der Waals surface area contributed by atoms with Gasteiger partial charge in [0.2, 0.25) is 0 Å². The van der Waals surface area contributed by atoms with Gasteiger partial charge in [-0.25, -0.2) is 0 Å². The molecule has 1 aliphatic rings. The summed E-state index contributed by atoms with van der Waals surface area (Å²) in [5.74, 6) is 0.425. The van der Waals surface area contributed by atoms with E-state index in [0.717, 1.165) is 36.2 Å². The lowest BCUT2D eigenvalue weighted by atomic mass is 9.85. The molecule has 0 bridgehead atoms. The minimum atomic E-state index is 0.0757. The van der Waals surface area contributed by atoms with E-state index in [2.05, 4.69) is 18.0 Å². The van der Waals surface area contributed by atoms with Gasteiger partial charge in [0.05, 0.1) is 0 Å². The Morgan fingerprint density at radius 2 is 2.18 bits per heavy atom. The van der Waals surface area contributed by atoms with Gasteiger partial charge in [-0.1, -0.05) is 23.8 Å². The summed E-state index contributed by atoms with van der Waals surface area (Å²) in [6, 6.07) is 8.12. The molecule has 0 radical (unpaired) electrons. The number of anilines is 1. The number of hydrogen-bond donors (Lipinski definition) is 1. The highest BCUT2D eigenvalue weighted by molar-refractivity contribution is 5.88. The Bertz CT molecular complexity index is 436. The van der Waals surface area contributed by atoms with Crippen molar-refractivity contribution in [3.8, 4) is 0 Å². The van der Waals surface area contributed by atoms with Gasteiger partial charge in [-0.15, -0.1) is 6.58 Å². The van der Waals surface area contributed by atoms with Crippen LogP contribution in [0.2, 0.25) is 0 Å². The van der Waals surface area contributed by atoms with E-state index in [1.807, 2.05) is 25.1 Å². The quantitative estimate of drug-likeness (QED) is 0.800. The van der Waals surface area contributed by atoms with Crippen molar-refractivity contribution < 1.29 is 4.79 Å². The minimum Gasteiger partial charge on any atom is -0.385 e. The van der Waals surface area contributed by atoms with Gasteiger partial charge in [-0.2, -0.15) is 0 Å². The largest absolute Gasteiger partial charge is 0.385 e. The molecule has 0 saturated carbocycles. The number of Topliss-reactive ketones (excluding diaryl/α,β-unsaturated/α-hetero) is 1. The van der Waals surface area contributed by atoms with Gasteiger partial charge in [0.15, 0.2) is 0 Å². The third-order valence-corrected chi connectivity index (χ3v) is 3.27. The van der Waals surface area contributed by atoms with Gasteiger partial charge in [0.25, 0.3) is 0 Å². The second-order valence-electron chi connectivity index (χ2n) is 4.78. The Hall–Kier alpha value is -1.57. The molecule has 2 rings (SSSR count). The number of fused-ring (bicyclic) bond motifs is 1. The highest BCUT2D eigenvalue weighted by Gasteiger charge is 2.25. The van der Waals surface area contributed by atoms with E-state index in [1.54, 1.807) is 0 Å². The molecule has 0 aromatic heterocycles. The SMILES string of the molecule is C=C(C)CCC(=O)C1CCNc2ccccc21. The van der Waals surface area contributed by atoms with Crippen LogP contribution in [-0.2, 0) is 4.79 Å². The molecule has 90 valence electrons. The van der Waals surface area contributed by atoms with Crippen LogP contribution in [0.1, 0.15) is 37.7 Å². The van der Waals surface area contributed by atoms with Gasteiger partial charge in [0, 0.05) is 24.6 Å². The highest BCUT2D eigenvalue weighted by atomic mass is 16.1. The van der Waals surface area contributed by atoms with Crippen LogP contribution in [0.3, 0.4) is 0 Å². The van der Waals surface area contributed by atoms with Crippen molar-refractivity contribution in [3.05, 3.63) is 42.0 Å². The molecule has 17 heavy (non-hydrogen) atoms. The number of carbonyl (C=O) groups excluding carboxylic acids is 1. The molecule has 2 heteroatoms. The third-order valence-electron chi connectivity index (χ3n) is 3.27. The van der Waals surface area contributed by atoms with Crippen molar-refractivity contribution >= 4 is 11.5 Å².